The van der Waals surface area contributed by atoms with Crippen molar-refractivity contribution in [2.24, 2.45) is 0 Å². The van der Waals surface area contributed by atoms with Gasteiger partial charge in [0.1, 0.15) is 10.8 Å². The van der Waals surface area contributed by atoms with Crippen LogP contribution in [0.2, 0.25) is 0 Å². The lowest BCUT2D eigenvalue weighted by molar-refractivity contribution is 0.201. The molecule has 5 heteroatoms. The van der Waals surface area contributed by atoms with Crippen molar-refractivity contribution in [1.29, 1.82) is 0 Å². The first-order chi connectivity index (χ1) is 14.2. The molecule has 1 N–H and O–H groups in total. The number of nitrogens with one attached hydrogen (secondary N) is 1. The largest absolute Gasteiger partial charge is 0.496 e. The van der Waals surface area contributed by atoms with Gasteiger partial charge in [0.2, 0.25) is 0 Å². The van der Waals surface area contributed by atoms with E-state index in [9.17, 15) is 0 Å². The van der Waals surface area contributed by atoms with Crippen LogP contribution in [0.4, 0.5) is 0 Å². The van der Waals surface area contributed by atoms with E-state index in [-0.39, 0.29) is 6.04 Å². The summed E-state index contributed by atoms with van der Waals surface area (Å²) in [5.74, 6) is 0.949. The second kappa shape index (κ2) is 7.32. The first-order valence-electron chi connectivity index (χ1n) is 10.0. The van der Waals surface area contributed by atoms with Crippen molar-refractivity contribution in [2.45, 2.75) is 32.9 Å². The summed E-state index contributed by atoms with van der Waals surface area (Å²) < 4.78 is 5.57. The molecule has 1 aliphatic rings. The van der Waals surface area contributed by atoms with E-state index in [4.69, 9.17) is 4.74 Å². The minimum Gasteiger partial charge on any atom is -0.496 e. The highest BCUT2D eigenvalue weighted by atomic mass is 32.1. The molecule has 0 saturated heterocycles. The molecule has 29 heavy (non-hydrogen) atoms. The zero-order chi connectivity index (χ0) is 20.0. The molecule has 1 aliphatic heterocycles. The average Bonchev–Trinajstić information content (AvgIpc) is 3.38. The third kappa shape index (κ3) is 3.05. The molecule has 2 aromatic carbocycles. The van der Waals surface area contributed by atoms with Gasteiger partial charge < -0.3 is 9.72 Å². The number of ether oxygens (including phenoxy) is 1. The summed E-state index contributed by atoms with van der Waals surface area (Å²) in [5.41, 5.74) is 7.84. The molecule has 4 nitrogen and oxygen atoms in total. The zero-order valence-corrected chi connectivity index (χ0v) is 17.8. The third-order valence-corrected chi connectivity index (χ3v) is 7.01. The molecule has 4 aromatic rings. The molecular formula is C24H25N3OS. The minimum atomic E-state index is 0.180. The van der Waals surface area contributed by atoms with Crippen LogP contribution in [0, 0.1) is 13.8 Å². The molecule has 0 unspecified atom stereocenters. The van der Waals surface area contributed by atoms with Gasteiger partial charge in [-0.25, -0.2) is 4.98 Å². The first kappa shape index (κ1) is 18.4. The number of para-hydroxylation sites is 1. The number of aromatic amines is 1. The Morgan fingerprint density at radius 1 is 1.17 bits per heavy atom. The summed E-state index contributed by atoms with van der Waals surface area (Å²) in [6.07, 6.45) is 2.95. The maximum atomic E-state index is 5.57. The number of fused-ring (bicyclic) bond motifs is 3. The summed E-state index contributed by atoms with van der Waals surface area (Å²) in [5, 5.41) is 4.58. The van der Waals surface area contributed by atoms with Crippen LogP contribution >= 0.6 is 11.3 Å². The minimum absolute atomic E-state index is 0.180. The van der Waals surface area contributed by atoms with Crippen LogP contribution in [0.15, 0.2) is 48.0 Å². The summed E-state index contributed by atoms with van der Waals surface area (Å²) in [4.78, 5) is 10.9. The van der Waals surface area contributed by atoms with Gasteiger partial charge in [0, 0.05) is 34.7 Å². The summed E-state index contributed by atoms with van der Waals surface area (Å²) in [7, 11) is 1.74. The van der Waals surface area contributed by atoms with Crippen LogP contribution in [0.1, 0.15) is 39.0 Å². The van der Waals surface area contributed by atoms with Crippen LogP contribution in [0.3, 0.4) is 0 Å². The topological polar surface area (TPSA) is 41.1 Å². The summed E-state index contributed by atoms with van der Waals surface area (Å²) in [6.45, 7) is 6.24. The van der Waals surface area contributed by atoms with E-state index in [1.54, 1.807) is 18.4 Å². The summed E-state index contributed by atoms with van der Waals surface area (Å²) >= 11 is 1.73. The van der Waals surface area contributed by atoms with E-state index in [0.717, 1.165) is 30.3 Å². The fourth-order valence-corrected chi connectivity index (χ4v) is 5.29. The molecule has 2 aromatic heterocycles. The Morgan fingerprint density at radius 3 is 2.83 bits per heavy atom. The highest BCUT2D eigenvalue weighted by Gasteiger charge is 2.33. The predicted octanol–water partition coefficient (Wildman–Crippen LogP) is 5.40. The van der Waals surface area contributed by atoms with Crippen molar-refractivity contribution >= 4 is 22.2 Å². The normalized spacial score (nSPS) is 16.9. The van der Waals surface area contributed by atoms with Crippen LogP contribution in [0.5, 0.6) is 5.75 Å². The molecule has 3 heterocycles. The number of thiazole rings is 1. The van der Waals surface area contributed by atoms with E-state index >= 15 is 0 Å². The molecular weight excluding hydrogens is 378 g/mol. The number of H-pyrrole nitrogens is 1. The predicted molar refractivity (Wildman–Crippen MR) is 119 cm³/mol. The maximum absolute atomic E-state index is 5.57. The van der Waals surface area contributed by atoms with Gasteiger partial charge in [0.05, 0.1) is 19.7 Å². The molecule has 0 spiro atoms. The van der Waals surface area contributed by atoms with Gasteiger partial charge in [-0.3, -0.25) is 4.90 Å². The van der Waals surface area contributed by atoms with Crippen molar-refractivity contribution in [3.05, 3.63) is 80.9 Å². The monoisotopic (exact) mass is 403 g/mol. The number of benzene rings is 2. The molecule has 5 rings (SSSR count). The van der Waals surface area contributed by atoms with Gasteiger partial charge in [-0.15, -0.1) is 11.3 Å². The molecule has 0 radical (unpaired) electrons. The van der Waals surface area contributed by atoms with Crippen LogP contribution in [0.25, 0.3) is 10.9 Å². The van der Waals surface area contributed by atoms with Gasteiger partial charge in [-0.05, 0) is 54.7 Å². The number of methoxy groups -OCH3 is 1. The van der Waals surface area contributed by atoms with Gasteiger partial charge in [-0.2, -0.15) is 0 Å². The Kier molecular flexibility index (Phi) is 4.64. The summed E-state index contributed by atoms with van der Waals surface area (Å²) in [6, 6.07) is 13.2. The number of nitrogens with zero attached hydrogens (tertiary/aromatic N) is 2. The number of hydrogen-bond donors (Lipinski definition) is 1. The van der Waals surface area contributed by atoms with Crippen LogP contribution in [-0.2, 0) is 13.0 Å². The van der Waals surface area contributed by atoms with Crippen molar-refractivity contribution in [3.63, 3.8) is 0 Å². The van der Waals surface area contributed by atoms with Crippen LogP contribution < -0.4 is 4.74 Å². The average molecular weight is 404 g/mol. The van der Waals surface area contributed by atoms with E-state index in [1.165, 1.54) is 38.9 Å². The Balaban J connectivity index is 1.68. The van der Waals surface area contributed by atoms with Gasteiger partial charge in [0.15, 0.2) is 0 Å². The molecule has 0 aliphatic carbocycles. The Labute approximate surface area is 175 Å². The van der Waals surface area contributed by atoms with Crippen molar-refractivity contribution < 1.29 is 4.74 Å². The Morgan fingerprint density at radius 2 is 2.03 bits per heavy atom. The second-order valence-corrected chi connectivity index (χ2v) is 8.70. The highest BCUT2D eigenvalue weighted by Crippen LogP contribution is 2.41. The SMILES string of the molecule is COc1ccc([C@H]2c3[nH]c4ccccc4c3CCN2Cc2nccs2)c(C)c1C. The Bertz CT molecular complexity index is 1160. The van der Waals surface area contributed by atoms with Gasteiger partial charge >= 0.3 is 0 Å². The number of hydrogen-bond acceptors (Lipinski definition) is 4. The first-order valence-corrected chi connectivity index (χ1v) is 10.9. The lowest BCUT2D eigenvalue weighted by atomic mass is 9.88. The fraction of sp³-hybridized carbons (Fsp3) is 0.292. The van der Waals surface area contributed by atoms with E-state index in [2.05, 4.69) is 70.5 Å². The van der Waals surface area contributed by atoms with E-state index in [0.29, 0.717) is 0 Å². The quantitative estimate of drug-likeness (QED) is 0.496. The molecule has 0 bridgehead atoms. The molecule has 0 amide bonds. The number of aromatic nitrogens is 2. The van der Waals surface area contributed by atoms with Gasteiger partial charge in [-0.1, -0.05) is 24.3 Å². The van der Waals surface area contributed by atoms with Crippen molar-refractivity contribution in [3.8, 4) is 5.75 Å². The zero-order valence-electron chi connectivity index (χ0n) is 17.0. The van der Waals surface area contributed by atoms with Gasteiger partial charge in [0.25, 0.3) is 0 Å². The fourth-order valence-electron chi connectivity index (χ4n) is 4.65. The third-order valence-electron chi connectivity index (χ3n) is 6.25. The smallest absolute Gasteiger partial charge is 0.122 e. The van der Waals surface area contributed by atoms with Crippen LogP contribution in [-0.4, -0.2) is 28.5 Å². The molecule has 1 atom stereocenters. The lowest BCUT2D eigenvalue weighted by Crippen LogP contribution is -2.36. The van der Waals surface area contributed by atoms with Crippen molar-refractivity contribution in [2.75, 3.05) is 13.7 Å². The highest BCUT2D eigenvalue weighted by molar-refractivity contribution is 7.09. The second-order valence-electron chi connectivity index (χ2n) is 7.72. The Hall–Kier alpha value is -2.63. The van der Waals surface area contributed by atoms with Crippen molar-refractivity contribution in [1.82, 2.24) is 14.9 Å². The molecule has 0 saturated carbocycles. The maximum Gasteiger partial charge on any atom is 0.122 e. The van der Waals surface area contributed by atoms with E-state index in [1.807, 2.05) is 6.20 Å². The van der Waals surface area contributed by atoms with E-state index < -0.39 is 0 Å². The lowest BCUT2D eigenvalue weighted by Gasteiger charge is -2.36. The molecule has 0 fully saturated rings. The standard InChI is InChI=1S/C24H25N3OS/c1-15-16(2)21(28-3)9-8-17(15)24-23-19(18-6-4-5-7-20(18)26-23)10-12-27(24)14-22-25-11-13-29-22/h4-9,11,13,24,26H,10,12,14H2,1-3H3/t24-/m0/s1. The molecule has 148 valence electrons. The number of rotatable bonds is 4.